The van der Waals surface area contributed by atoms with Crippen LogP contribution in [0.5, 0.6) is 0 Å². The maximum absolute atomic E-state index is 11.9. The molecule has 1 N–H and O–H groups in total. The van der Waals surface area contributed by atoms with Gasteiger partial charge in [-0.05, 0) is 27.7 Å². The van der Waals surface area contributed by atoms with Crippen LogP contribution in [0.3, 0.4) is 0 Å². The van der Waals surface area contributed by atoms with E-state index in [4.69, 9.17) is 16.3 Å². The first-order valence-electron chi connectivity index (χ1n) is 5.41. The Bertz CT molecular complexity index is 516. The van der Waals surface area contributed by atoms with Gasteiger partial charge in [0, 0.05) is 12.2 Å². The molecule has 0 aliphatic carbocycles. The lowest BCUT2D eigenvalue weighted by Gasteiger charge is -2.25. The number of nitrogens with one attached hydrogen (secondary N) is 1. The van der Waals surface area contributed by atoms with Crippen molar-refractivity contribution in [3.63, 3.8) is 0 Å². The van der Waals surface area contributed by atoms with Gasteiger partial charge in [-0.25, -0.2) is 4.79 Å². The molecule has 0 unspecified atom stereocenters. The monoisotopic (exact) mass is 260 g/mol. The van der Waals surface area contributed by atoms with Crippen LogP contribution in [0.2, 0.25) is 5.15 Å². The van der Waals surface area contributed by atoms with E-state index >= 15 is 0 Å². The minimum atomic E-state index is -0.578. The summed E-state index contributed by atoms with van der Waals surface area (Å²) < 4.78 is 6.58. The van der Waals surface area contributed by atoms with Crippen LogP contribution in [0, 0.1) is 6.92 Å². The molecule has 0 aliphatic rings. The smallest absolute Gasteiger partial charge is 0.329 e. The van der Waals surface area contributed by atoms with E-state index in [1.165, 1.54) is 0 Å². The Kier molecular flexibility index (Phi) is 4.16. The molecule has 1 aromatic rings. The van der Waals surface area contributed by atoms with Crippen LogP contribution in [-0.2, 0) is 11.3 Å². The average Bonchev–Trinajstić information content (AvgIpc) is 2.21. The van der Waals surface area contributed by atoms with Crippen molar-refractivity contribution in [1.82, 2.24) is 9.55 Å². The van der Waals surface area contributed by atoms with Crippen molar-refractivity contribution in [3.05, 3.63) is 31.6 Å². The summed E-state index contributed by atoms with van der Waals surface area (Å²) in [7, 11) is 0. The number of rotatable bonds is 4. The van der Waals surface area contributed by atoms with E-state index in [-0.39, 0.29) is 17.3 Å². The first-order chi connectivity index (χ1) is 7.78. The van der Waals surface area contributed by atoms with E-state index in [1.54, 1.807) is 6.92 Å². The largest absolute Gasteiger partial charge is 0.374 e. The molecule has 96 valence electrons. The van der Waals surface area contributed by atoms with Crippen molar-refractivity contribution in [3.8, 4) is 0 Å². The molecule has 6 heteroatoms. The van der Waals surface area contributed by atoms with E-state index in [9.17, 15) is 9.59 Å². The van der Waals surface area contributed by atoms with Gasteiger partial charge in [0.1, 0.15) is 5.15 Å². The van der Waals surface area contributed by atoms with Crippen molar-refractivity contribution in [2.45, 2.75) is 39.8 Å². The Balaban J connectivity index is 3.21. The highest BCUT2D eigenvalue weighted by Gasteiger charge is 2.21. The SMILES string of the molecule is CCOC(C)(C)Cn1c(=O)[nH]c(Cl)c(C)c1=O. The van der Waals surface area contributed by atoms with E-state index in [0.29, 0.717) is 12.2 Å². The quantitative estimate of drug-likeness (QED) is 0.831. The average molecular weight is 261 g/mol. The minimum absolute atomic E-state index is 0.0884. The first kappa shape index (κ1) is 14.0. The molecule has 5 nitrogen and oxygen atoms in total. The summed E-state index contributed by atoms with van der Waals surface area (Å²) in [5.74, 6) is 0. The van der Waals surface area contributed by atoms with Gasteiger partial charge in [-0.3, -0.25) is 14.3 Å². The van der Waals surface area contributed by atoms with Crippen LogP contribution in [-0.4, -0.2) is 21.8 Å². The summed E-state index contributed by atoms with van der Waals surface area (Å²) in [5, 5.41) is 0.0884. The fourth-order valence-corrected chi connectivity index (χ4v) is 1.77. The summed E-state index contributed by atoms with van der Waals surface area (Å²) in [6.07, 6.45) is 0. The fourth-order valence-electron chi connectivity index (χ4n) is 1.60. The second-order valence-electron chi connectivity index (χ2n) is 4.45. The zero-order chi connectivity index (χ0) is 13.2. The summed E-state index contributed by atoms with van der Waals surface area (Å²) in [4.78, 5) is 26.0. The summed E-state index contributed by atoms with van der Waals surface area (Å²) in [6, 6.07) is 0. The molecule has 1 heterocycles. The lowest BCUT2D eigenvalue weighted by molar-refractivity contribution is -0.0239. The molecule has 0 aromatic carbocycles. The van der Waals surface area contributed by atoms with Gasteiger partial charge >= 0.3 is 5.69 Å². The van der Waals surface area contributed by atoms with Crippen LogP contribution in [0.4, 0.5) is 0 Å². The molecule has 0 bridgehead atoms. The van der Waals surface area contributed by atoms with Gasteiger partial charge in [-0.1, -0.05) is 11.6 Å². The maximum atomic E-state index is 11.9. The van der Waals surface area contributed by atoms with Gasteiger partial charge < -0.3 is 4.74 Å². The normalized spacial score (nSPS) is 11.8. The third kappa shape index (κ3) is 3.20. The molecule has 0 atom stereocenters. The third-order valence-corrected chi connectivity index (χ3v) is 2.81. The molecule has 0 saturated carbocycles. The Morgan fingerprint density at radius 1 is 1.41 bits per heavy atom. The number of hydrogen-bond donors (Lipinski definition) is 1. The van der Waals surface area contributed by atoms with E-state index < -0.39 is 11.3 Å². The molecule has 0 saturated heterocycles. The topological polar surface area (TPSA) is 64.1 Å². The van der Waals surface area contributed by atoms with Crippen LogP contribution >= 0.6 is 11.6 Å². The second-order valence-corrected chi connectivity index (χ2v) is 4.83. The number of halogens is 1. The van der Waals surface area contributed by atoms with Crippen LogP contribution in [0.15, 0.2) is 9.59 Å². The van der Waals surface area contributed by atoms with Crippen molar-refractivity contribution in [2.75, 3.05) is 6.61 Å². The summed E-state index contributed by atoms with van der Waals surface area (Å²) in [6.45, 7) is 7.80. The van der Waals surface area contributed by atoms with E-state index in [1.807, 2.05) is 20.8 Å². The van der Waals surface area contributed by atoms with Crippen molar-refractivity contribution >= 4 is 11.6 Å². The number of hydrogen-bond acceptors (Lipinski definition) is 3. The van der Waals surface area contributed by atoms with Gasteiger partial charge in [-0.2, -0.15) is 0 Å². The Morgan fingerprint density at radius 3 is 2.53 bits per heavy atom. The minimum Gasteiger partial charge on any atom is -0.374 e. The molecule has 17 heavy (non-hydrogen) atoms. The molecular weight excluding hydrogens is 244 g/mol. The number of H-pyrrole nitrogens is 1. The number of nitrogens with zero attached hydrogens (tertiary/aromatic N) is 1. The zero-order valence-corrected chi connectivity index (χ0v) is 11.2. The van der Waals surface area contributed by atoms with Gasteiger partial charge in [-0.15, -0.1) is 0 Å². The lowest BCUT2D eigenvalue weighted by atomic mass is 10.1. The van der Waals surface area contributed by atoms with Crippen molar-refractivity contribution < 1.29 is 4.74 Å². The van der Waals surface area contributed by atoms with Crippen LogP contribution in [0.1, 0.15) is 26.3 Å². The van der Waals surface area contributed by atoms with Crippen molar-refractivity contribution in [1.29, 1.82) is 0 Å². The highest BCUT2D eigenvalue weighted by atomic mass is 35.5. The Morgan fingerprint density at radius 2 is 2.00 bits per heavy atom. The van der Waals surface area contributed by atoms with Crippen LogP contribution in [0.25, 0.3) is 0 Å². The number of ether oxygens (including phenoxy) is 1. The second kappa shape index (κ2) is 5.06. The molecule has 1 aromatic heterocycles. The highest BCUT2D eigenvalue weighted by Crippen LogP contribution is 2.11. The zero-order valence-electron chi connectivity index (χ0n) is 10.5. The molecular formula is C11H17ClN2O3. The van der Waals surface area contributed by atoms with Crippen molar-refractivity contribution in [2.24, 2.45) is 0 Å². The van der Waals surface area contributed by atoms with Crippen LogP contribution < -0.4 is 11.2 Å². The number of aromatic nitrogens is 2. The predicted octanol–water partition coefficient (Wildman–Crippen LogP) is 1.31. The predicted molar refractivity (Wildman–Crippen MR) is 66.8 cm³/mol. The highest BCUT2D eigenvalue weighted by molar-refractivity contribution is 6.30. The third-order valence-electron chi connectivity index (χ3n) is 2.43. The van der Waals surface area contributed by atoms with Gasteiger partial charge in [0.15, 0.2) is 0 Å². The summed E-state index contributed by atoms with van der Waals surface area (Å²) >= 11 is 5.72. The Hall–Kier alpha value is -1.07. The standard InChI is InChI=1S/C11H17ClN2O3/c1-5-17-11(3,4)6-14-9(15)7(2)8(12)13-10(14)16/h5-6H2,1-4H3,(H,13,16). The molecule has 0 amide bonds. The molecule has 1 rings (SSSR count). The molecule has 0 spiro atoms. The molecule has 0 aliphatic heterocycles. The van der Waals surface area contributed by atoms with E-state index in [0.717, 1.165) is 4.57 Å². The summed E-state index contributed by atoms with van der Waals surface area (Å²) in [5.41, 5.74) is -1.14. The number of aromatic amines is 1. The lowest BCUT2D eigenvalue weighted by Crippen LogP contribution is -2.43. The van der Waals surface area contributed by atoms with Gasteiger partial charge in [0.25, 0.3) is 5.56 Å². The van der Waals surface area contributed by atoms with Gasteiger partial charge in [0.05, 0.1) is 12.1 Å². The maximum Gasteiger partial charge on any atom is 0.329 e. The first-order valence-corrected chi connectivity index (χ1v) is 5.79. The Labute approximate surface area is 104 Å². The van der Waals surface area contributed by atoms with E-state index in [2.05, 4.69) is 4.98 Å². The molecule has 0 fully saturated rings. The molecule has 0 radical (unpaired) electrons. The fraction of sp³-hybridized carbons (Fsp3) is 0.636. The van der Waals surface area contributed by atoms with Gasteiger partial charge in [0.2, 0.25) is 0 Å².